The predicted molar refractivity (Wildman–Crippen MR) is 91.1 cm³/mol. The van der Waals surface area contributed by atoms with Crippen LogP contribution in [0.15, 0.2) is 44.9 Å². The lowest BCUT2D eigenvalue weighted by atomic mass is 10.2. The lowest BCUT2D eigenvalue weighted by Gasteiger charge is -2.12. The lowest BCUT2D eigenvalue weighted by molar-refractivity contribution is 0.134. The van der Waals surface area contributed by atoms with Crippen molar-refractivity contribution in [1.29, 1.82) is 0 Å². The summed E-state index contributed by atoms with van der Waals surface area (Å²) in [7, 11) is 0. The molecule has 7 heteroatoms. The second kappa shape index (κ2) is 6.84. The smallest absolute Gasteiger partial charge is 0.408 e. The van der Waals surface area contributed by atoms with E-state index >= 15 is 0 Å². The number of aryl methyl sites for hydroxylation is 1. The number of carbonyl (C=O) groups excluding carboxylic acids is 1. The molecule has 1 amide bonds. The maximum atomic E-state index is 12.0. The quantitative estimate of drug-likeness (QED) is 0.783. The second-order valence-corrected chi connectivity index (χ2v) is 6.24. The van der Waals surface area contributed by atoms with Crippen LogP contribution in [0, 0.1) is 6.92 Å². The topological polar surface area (TPSA) is 81.4 Å². The number of amides is 1. The summed E-state index contributed by atoms with van der Waals surface area (Å²) < 4.78 is 10.8. The Morgan fingerprint density at radius 1 is 1.38 bits per heavy atom. The molecule has 0 aliphatic carbocycles. The van der Waals surface area contributed by atoms with Crippen LogP contribution in [0.1, 0.15) is 30.0 Å². The van der Waals surface area contributed by atoms with Gasteiger partial charge >= 0.3 is 11.7 Å². The molecule has 1 atom stereocenters. The molecule has 0 radical (unpaired) electrons. The van der Waals surface area contributed by atoms with Gasteiger partial charge in [-0.2, -0.15) is 0 Å². The van der Waals surface area contributed by atoms with Crippen molar-refractivity contribution in [3.05, 3.63) is 63.1 Å². The number of aromatic nitrogens is 1. The highest BCUT2D eigenvalue weighted by molar-refractivity contribution is 7.17. The molecule has 3 rings (SSSR count). The van der Waals surface area contributed by atoms with E-state index in [2.05, 4.69) is 10.3 Å². The van der Waals surface area contributed by atoms with E-state index < -0.39 is 17.8 Å². The molecule has 0 saturated carbocycles. The number of carbonyl (C=O) groups is 1. The second-order valence-electron chi connectivity index (χ2n) is 5.36. The van der Waals surface area contributed by atoms with Crippen LogP contribution in [0.3, 0.4) is 0 Å². The van der Waals surface area contributed by atoms with Crippen LogP contribution >= 0.6 is 11.3 Å². The molecule has 0 aliphatic rings. The number of benzene rings is 1. The lowest BCUT2D eigenvalue weighted by Crippen LogP contribution is -2.28. The van der Waals surface area contributed by atoms with Gasteiger partial charge in [-0.15, -0.1) is 11.3 Å². The summed E-state index contributed by atoms with van der Waals surface area (Å²) in [5.74, 6) is 0.158. The Kier molecular flexibility index (Phi) is 4.61. The summed E-state index contributed by atoms with van der Waals surface area (Å²) in [5, 5.41) is 4.47. The van der Waals surface area contributed by atoms with Crippen LogP contribution in [0.2, 0.25) is 0 Å². The Balaban J connectivity index is 1.68. The normalized spacial score (nSPS) is 12.1. The largest absolute Gasteiger partial charge is 0.445 e. The fraction of sp³-hybridized carbons (Fsp3) is 0.235. The summed E-state index contributed by atoms with van der Waals surface area (Å²) >= 11 is 1.30. The molecule has 2 aromatic heterocycles. The predicted octanol–water partition coefficient (Wildman–Crippen LogP) is 3.55. The zero-order valence-corrected chi connectivity index (χ0v) is 14.1. The van der Waals surface area contributed by atoms with Gasteiger partial charge < -0.3 is 14.5 Å². The Morgan fingerprint density at radius 2 is 2.12 bits per heavy atom. The highest BCUT2D eigenvalue weighted by atomic mass is 32.1. The van der Waals surface area contributed by atoms with Crippen molar-refractivity contribution in [3.63, 3.8) is 0 Å². The minimum atomic E-state index is -0.599. The third-order valence-corrected chi connectivity index (χ3v) is 4.53. The van der Waals surface area contributed by atoms with Gasteiger partial charge in [0.1, 0.15) is 17.3 Å². The molecule has 0 unspecified atom stereocenters. The average molecular weight is 344 g/mol. The maximum Gasteiger partial charge on any atom is 0.408 e. The monoisotopic (exact) mass is 344 g/mol. The van der Waals surface area contributed by atoms with Crippen molar-refractivity contribution in [2.24, 2.45) is 0 Å². The zero-order chi connectivity index (χ0) is 17.1. The van der Waals surface area contributed by atoms with Gasteiger partial charge in [-0.3, -0.25) is 0 Å². The number of hydrogen-bond donors (Lipinski definition) is 1. The number of nitrogens with zero attached hydrogens (tertiary/aromatic N) is 1. The van der Waals surface area contributed by atoms with Crippen molar-refractivity contribution in [3.8, 4) is 0 Å². The van der Waals surface area contributed by atoms with Crippen molar-refractivity contribution >= 4 is 27.6 Å². The fourth-order valence-electron chi connectivity index (χ4n) is 2.18. The van der Waals surface area contributed by atoms with E-state index in [9.17, 15) is 9.59 Å². The van der Waals surface area contributed by atoms with Crippen molar-refractivity contribution in [1.82, 2.24) is 10.3 Å². The molecular weight excluding hydrogens is 328 g/mol. The molecule has 0 bridgehead atoms. The number of alkyl carbamates (subject to hydrolysis) is 1. The Morgan fingerprint density at radius 3 is 2.88 bits per heavy atom. The first-order chi connectivity index (χ1) is 11.5. The van der Waals surface area contributed by atoms with E-state index in [0.717, 1.165) is 11.1 Å². The molecule has 3 aromatic rings. The third kappa shape index (κ3) is 3.46. The number of ether oxygens (including phenoxy) is 1. The number of rotatable bonds is 4. The van der Waals surface area contributed by atoms with Crippen LogP contribution in [-0.2, 0) is 11.3 Å². The molecule has 2 heterocycles. The van der Waals surface area contributed by atoms with Gasteiger partial charge in [-0.1, -0.05) is 30.3 Å². The molecule has 0 saturated heterocycles. The molecule has 0 aliphatic heterocycles. The van der Waals surface area contributed by atoms with Crippen molar-refractivity contribution in [2.75, 3.05) is 0 Å². The van der Waals surface area contributed by atoms with Crippen LogP contribution in [0.5, 0.6) is 0 Å². The number of thiophene rings is 1. The first-order valence-electron chi connectivity index (χ1n) is 7.40. The van der Waals surface area contributed by atoms with E-state index in [0.29, 0.717) is 10.2 Å². The summed E-state index contributed by atoms with van der Waals surface area (Å²) in [6.45, 7) is 3.73. The summed E-state index contributed by atoms with van der Waals surface area (Å²) in [4.78, 5) is 28.2. The highest BCUT2D eigenvalue weighted by Crippen LogP contribution is 2.22. The zero-order valence-electron chi connectivity index (χ0n) is 13.2. The Labute approximate surface area is 142 Å². The minimum Gasteiger partial charge on any atom is -0.445 e. The van der Waals surface area contributed by atoms with Crippen LogP contribution in [0.25, 0.3) is 10.2 Å². The molecule has 124 valence electrons. The number of hydrogen-bond acceptors (Lipinski definition) is 6. The SMILES string of the molecule is Cc1csc2c(=O)oc([C@H](C)NC(=O)OCc3ccccc3)nc12. The maximum absolute atomic E-state index is 12.0. The van der Waals surface area contributed by atoms with E-state index in [1.165, 1.54) is 11.3 Å². The average Bonchev–Trinajstić information content (AvgIpc) is 2.96. The molecule has 0 fully saturated rings. The Hall–Kier alpha value is -2.67. The van der Waals surface area contributed by atoms with E-state index in [1.807, 2.05) is 42.6 Å². The first kappa shape index (κ1) is 16.2. The van der Waals surface area contributed by atoms with E-state index in [1.54, 1.807) is 6.92 Å². The van der Waals surface area contributed by atoms with Crippen LogP contribution in [0.4, 0.5) is 4.79 Å². The minimum absolute atomic E-state index is 0.158. The van der Waals surface area contributed by atoms with Gasteiger partial charge in [0.05, 0.1) is 5.52 Å². The van der Waals surface area contributed by atoms with Crippen LogP contribution < -0.4 is 10.9 Å². The standard InChI is InChI=1S/C17H16N2O4S/c1-10-9-24-14-13(10)19-15(23-16(14)20)11(2)18-17(21)22-8-12-6-4-3-5-7-12/h3-7,9,11H,8H2,1-2H3,(H,18,21)/t11-/m0/s1. The van der Waals surface area contributed by atoms with Gasteiger partial charge in [-0.05, 0) is 30.4 Å². The van der Waals surface area contributed by atoms with Gasteiger partial charge in [-0.25, -0.2) is 14.6 Å². The van der Waals surface area contributed by atoms with Gasteiger partial charge in [0.15, 0.2) is 0 Å². The van der Waals surface area contributed by atoms with Crippen LogP contribution in [-0.4, -0.2) is 11.1 Å². The van der Waals surface area contributed by atoms with E-state index in [4.69, 9.17) is 9.15 Å². The fourth-order valence-corrected chi connectivity index (χ4v) is 3.05. The van der Waals surface area contributed by atoms with Gasteiger partial charge in [0, 0.05) is 0 Å². The Bertz CT molecular complexity index is 917. The molecular formula is C17H16N2O4S. The summed E-state index contributed by atoms with van der Waals surface area (Å²) in [5.41, 5.74) is 1.96. The van der Waals surface area contributed by atoms with Crippen molar-refractivity contribution in [2.45, 2.75) is 26.5 Å². The molecule has 0 spiro atoms. The third-order valence-electron chi connectivity index (χ3n) is 3.46. The first-order valence-corrected chi connectivity index (χ1v) is 8.28. The highest BCUT2D eigenvalue weighted by Gasteiger charge is 2.18. The molecule has 6 nitrogen and oxygen atoms in total. The van der Waals surface area contributed by atoms with Gasteiger partial charge in [0.25, 0.3) is 0 Å². The number of nitrogens with one attached hydrogen (secondary N) is 1. The summed E-state index contributed by atoms with van der Waals surface area (Å²) in [6.07, 6.45) is -0.599. The molecule has 24 heavy (non-hydrogen) atoms. The molecule has 1 N–H and O–H groups in total. The number of fused-ring (bicyclic) bond motifs is 1. The summed E-state index contributed by atoms with van der Waals surface area (Å²) in [6, 6.07) is 8.79. The van der Waals surface area contributed by atoms with E-state index in [-0.39, 0.29) is 12.5 Å². The van der Waals surface area contributed by atoms with Crippen molar-refractivity contribution < 1.29 is 13.9 Å². The molecule has 1 aromatic carbocycles. The van der Waals surface area contributed by atoms with Gasteiger partial charge in [0.2, 0.25) is 5.89 Å².